The van der Waals surface area contributed by atoms with E-state index in [9.17, 15) is 0 Å². The molecule has 0 aliphatic carbocycles. The van der Waals surface area contributed by atoms with Gasteiger partial charge in [0.05, 0.1) is 5.69 Å². The Morgan fingerprint density at radius 1 is 1.18 bits per heavy atom. The largest absolute Gasteiger partial charge is 0.356 e. The zero-order chi connectivity index (χ0) is 12.1. The fourth-order valence-electron chi connectivity index (χ4n) is 1.84. The lowest BCUT2D eigenvalue weighted by Gasteiger charge is -1.99. The lowest BCUT2D eigenvalue weighted by molar-refractivity contribution is 0.423. The molecule has 0 fully saturated rings. The van der Waals surface area contributed by atoms with Crippen molar-refractivity contribution in [2.75, 3.05) is 6.54 Å². The SMILES string of the molecule is CCCc1ccc(-c2cc(CCN)no2)cc1. The molecule has 2 rings (SSSR count). The summed E-state index contributed by atoms with van der Waals surface area (Å²) >= 11 is 0. The molecule has 0 spiro atoms. The average Bonchev–Trinajstić information content (AvgIpc) is 2.80. The van der Waals surface area contributed by atoms with Gasteiger partial charge in [0.15, 0.2) is 5.76 Å². The first-order chi connectivity index (χ1) is 8.33. The van der Waals surface area contributed by atoms with Crippen molar-refractivity contribution in [1.29, 1.82) is 0 Å². The summed E-state index contributed by atoms with van der Waals surface area (Å²) in [7, 11) is 0. The quantitative estimate of drug-likeness (QED) is 0.859. The lowest BCUT2D eigenvalue weighted by atomic mass is 10.1. The van der Waals surface area contributed by atoms with Gasteiger partial charge in [0.1, 0.15) is 0 Å². The van der Waals surface area contributed by atoms with Gasteiger partial charge in [-0.15, -0.1) is 0 Å². The van der Waals surface area contributed by atoms with E-state index in [4.69, 9.17) is 10.3 Å². The van der Waals surface area contributed by atoms with E-state index in [2.05, 4.69) is 36.3 Å². The van der Waals surface area contributed by atoms with Gasteiger partial charge in [-0.1, -0.05) is 42.8 Å². The van der Waals surface area contributed by atoms with Crippen molar-refractivity contribution >= 4 is 0 Å². The monoisotopic (exact) mass is 230 g/mol. The molecule has 0 bridgehead atoms. The maximum absolute atomic E-state index is 5.48. The molecule has 2 aromatic rings. The number of hydrogen-bond donors (Lipinski definition) is 1. The minimum Gasteiger partial charge on any atom is -0.356 e. The first kappa shape index (κ1) is 11.9. The summed E-state index contributed by atoms with van der Waals surface area (Å²) in [5, 5.41) is 3.99. The van der Waals surface area contributed by atoms with Gasteiger partial charge in [-0.2, -0.15) is 0 Å². The molecular formula is C14H18N2O. The van der Waals surface area contributed by atoms with Crippen LogP contribution in [0, 0.1) is 0 Å². The Hall–Kier alpha value is -1.61. The molecule has 0 aliphatic heterocycles. The molecule has 0 saturated carbocycles. The first-order valence-electron chi connectivity index (χ1n) is 6.08. The number of aromatic nitrogens is 1. The van der Waals surface area contributed by atoms with Crippen molar-refractivity contribution in [2.24, 2.45) is 5.73 Å². The second kappa shape index (κ2) is 5.64. The van der Waals surface area contributed by atoms with Crippen LogP contribution in [0.3, 0.4) is 0 Å². The number of nitrogens with two attached hydrogens (primary N) is 1. The summed E-state index contributed by atoms with van der Waals surface area (Å²) in [4.78, 5) is 0. The third-order valence-corrected chi connectivity index (χ3v) is 2.74. The van der Waals surface area contributed by atoms with Gasteiger partial charge in [-0.05, 0) is 18.5 Å². The molecule has 3 heteroatoms. The van der Waals surface area contributed by atoms with Crippen LogP contribution in [0.25, 0.3) is 11.3 Å². The van der Waals surface area contributed by atoms with Crippen molar-refractivity contribution in [3.05, 3.63) is 41.6 Å². The number of rotatable bonds is 5. The van der Waals surface area contributed by atoms with Crippen LogP contribution in [0.2, 0.25) is 0 Å². The lowest BCUT2D eigenvalue weighted by Crippen LogP contribution is -2.02. The molecule has 2 N–H and O–H groups in total. The van der Waals surface area contributed by atoms with Crippen LogP contribution in [0.5, 0.6) is 0 Å². The van der Waals surface area contributed by atoms with E-state index in [1.807, 2.05) is 6.07 Å². The summed E-state index contributed by atoms with van der Waals surface area (Å²) in [6.07, 6.45) is 3.05. The Balaban J connectivity index is 2.15. The molecule has 17 heavy (non-hydrogen) atoms. The second-order valence-electron chi connectivity index (χ2n) is 4.17. The van der Waals surface area contributed by atoms with Crippen molar-refractivity contribution in [2.45, 2.75) is 26.2 Å². The van der Waals surface area contributed by atoms with Gasteiger partial charge < -0.3 is 10.3 Å². The van der Waals surface area contributed by atoms with Gasteiger partial charge >= 0.3 is 0 Å². The molecule has 90 valence electrons. The highest BCUT2D eigenvalue weighted by atomic mass is 16.5. The molecule has 3 nitrogen and oxygen atoms in total. The molecule has 0 unspecified atom stereocenters. The van der Waals surface area contributed by atoms with Gasteiger partial charge in [0.25, 0.3) is 0 Å². The third-order valence-electron chi connectivity index (χ3n) is 2.74. The summed E-state index contributed by atoms with van der Waals surface area (Å²) in [6, 6.07) is 10.4. The molecule has 1 heterocycles. The molecule has 1 aromatic heterocycles. The Bertz CT molecular complexity index is 459. The topological polar surface area (TPSA) is 52.0 Å². The number of hydrogen-bond acceptors (Lipinski definition) is 3. The van der Waals surface area contributed by atoms with E-state index >= 15 is 0 Å². The van der Waals surface area contributed by atoms with E-state index < -0.39 is 0 Å². The van der Waals surface area contributed by atoms with Crippen molar-refractivity contribution < 1.29 is 4.52 Å². The highest BCUT2D eigenvalue weighted by Crippen LogP contribution is 2.21. The number of nitrogens with zero attached hydrogens (tertiary/aromatic N) is 1. The Morgan fingerprint density at radius 2 is 1.94 bits per heavy atom. The second-order valence-corrected chi connectivity index (χ2v) is 4.17. The van der Waals surface area contributed by atoms with Crippen LogP contribution in [0.1, 0.15) is 24.6 Å². The third kappa shape index (κ3) is 2.94. The van der Waals surface area contributed by atoms with Crippen molar-refractivity contribution in [3.8, 4) is 11.3 Å². The van der Waals surface area contributed by atoms with Crippen LogP contribution in [-0.4, -0.2) is 11.7 Å². The van der Waals surface area contributed by atoms with Crippen molar-refractivity contribution in [3.63, 3.8) is 0 Å². The summed E-state index contributed by atoms with van der Waals surface area (Å²) in [6.45, 7) is 2.78. The predicted molar refractivity (Wildman–Crippen MR) is 68.7 cm³/mol. The standard InChI is InChI=1S/C14H18N2O/c1-2-3-11-4-6-12(7-5-11)14-10-13(8-9-15)16-17-14/h4-7,10H,2-3,8-9,15H2,1H3. The summed E-state index contributed by atoms with van der Waals surface area (Å²) in [5.41, 5.74) is 8.83. The van der Waals surface area contributed by atoms with Gasteiger partial charge in [-0.3, -0.25) is 0 Å². The van der Waals surface area contributed by atoms with Gasteiger partial charge in [-0.25, -0.2) is 0 Å². The average molecular weight is 230 g/mol. The van der Waals surface area contributed by atoms with E-state index in [1.54, 1.807) is 0 Å². The smallest absolute Gasteiger partial charge is 0.167 e. The Kier molecular flexibility index (Phi) is 3.94. The van der Waals surface area contributed by atoms with E-state index in [1.165, 1.54) is 12.0 Å². The fraction of sp³-hybridized carbons (Fsp3) is 0.357. The highest BCUT2D eigenvalue weighted by Gasteiger charge is 2.05. The van der Waals surface area contributed by atoms with E-state index in [0.29, 0.717) is 6.54 Å². The minimum absolute atomic E-state index is 0.599. The Labute approximate surface area is 102 Å². The minimum atomic E-state index is 0.599. The normalized spacial score (nSPS) is 10.7. The van der Waals surface area contributed by atoms with E-state index in [-0.39, 0.29) is 0 Å². The van der Waals surface area contributed by atoms with Crippen molar-refractivity contribution in [1.82, 2.24) is 5.16 Å². The molecule has 0 atom stereocenters. The van der Waals surface area contributed by atoms with Gasteiger partial charge in [0.2, 0.25) is 0 Å². The molecule has 0 amide bonds. The highest BCUT2D eigenvalue weighted by molar-refractivity contribution is 5.57. The maximum Gasteiger partial charge on any atom is 0.167 e. The number of aryl methyl sites for hydroxylation is 1. The van der Waals surface area contributed by atoms with Gasteiger partial charge in [0, 0.05) is 18.1 Å². The first-order valence-corrected chi connectivity index (χ1v) is 6.08. The van der Waals surface area contributed by atoms with Crippen LogP contribution in [-0.2, 0) is 12.8 Å². The summed E-state index contributed by atoms with van der Waals surface area (Å²) in [5.74, 6) is 0.816. The van der Waals surface area contributed by atoms with Crippen LogP contribution in [0.15, 0.2) is 34.9 Å². The zero-order valence-corrected chi connectivity index (χ0v) is 10.1. The van der Waals surface area contributed by atoms with Crippen LogP contribution >= 0.6 is 0 Å². The fourth-order valence-corrected chi connectivity index (χ4v) is 1.84. The molecule has 0 saturated heterocycles. The van der Waals surface area contributed by atoms with E-state index in [0.717, 1.165) is 29.9 Å². The predicted octanol–water partition coefficient (Wildman–Crippen LogP) is 2.80. The zero-order valence-electron chi connectivity index (χ0n) is 10.1. The van der Waals surface area contributed by atoms with Crippen LogP contribution in [0.4, 0.5) is 0 Å². The molecular weight excluding hydrogens is 212 g/mol. The van der Waals surface area contributed by atoms with Crippen LogP contribution < -0.4 is 5.73 Å². The Morgan fingerprint density at radius 3 is 2.59 bits per heavy atom. The molecule has 1 aromatic carbocycles. The summed E-state index contributed by atoms with van der Waals surface area (Å²) < 4.78 is 5.30. The maximum atomic E-state index is 5.48. The molecule has 0 aliphatic rings. The molecule has 0 radical (unpaired) electrons. The number of benzene rings is 1.